The Kier molecular flexibility index (Phi) is 2.18. The van der Waals surface area contributed by atoms with E-state index in [4.69, 9.17) is 14.3 Å². The topological polar surface area (TPSA) is 17.1 Å². The third-order valence-electron chi connectivity index (χ3n) is 1.21. The number of hydrogen-bond donors (Lipinski definition) is 0. The van der Waals surface area contributed by atoms with Crippen LogP contribution in [0.1, 0.15) is 14.7 Å². The van der Waals surface area contributed by atoms with Crippen molar-refractivity contribution < 1.29 is 7.54 Å². The van der Waals surface area contributed by atoms with Crippen LogP contribution in [0.15, 0.2) is 30.3 Å². The second-order valence-corrected chi connectivity index (χ2v) is 2.42. The molecule has 0 aliphatic rings. The smallest absolute Gasteiger partial charge is 0.221 e. The van der Waals surface area contributed by atoms with Crippen molar-refractivity contribution in [3.8, 4) is 0 Å². The quantitative estimate of drug-likeness (QED) is 0.637. The molecule has 0 amide bonds. The standard InChI is InChI=1S/C9H9ClO/c10-9(11)7-6-8-4-2-1-3-5-8/h1-5H,6-7H2/i6D,7D. The summed E-state index contributed by atoms with van der Waals surface area (Å²) >= 11 is 5.13. The van der Waals surface area contributed by atoms with E-state index in [1.165, 1.54) is 0 Å². The van der Waals surface area contributed by atoms with Crippen LogP contribution in [-0.4, -0.2) is 5.24 Å². The molecule has 0 fully saturated rings. The van der Waals surface area contributed by atoms with Gasteiger partial charge in [-0.25, -0.2) is 0 Å². The second kappa shape index (κ2) is 4.14. The minimum Gasteiger partial charge on any atom is -0.281 e. The molecule has 2 heteroatoms. The molecule has 0 bridgehead atoms. The van der Waals surface area contributed by atoms with E-state index in [0.29, 0.717) is 5.56 Å². The highest BCUT2D eigenvalue weighted by Crippen LogP contribution is 2.03. The van der Waals surface area contributed by atoms with E-state index >= 15 is 0 Å². The lowest BCUT2D eigenvalue weighted by atomic mass is 10.1. The predicted octanol–water partition coefficient (Wildman–Crippen LogP) is 2.38. The molecule has 1 aromatic carbocycles. The summed E-state index contributed by atoms with van der Waals surface area (Å²) in [6.07, 6.45) is -2.10. The highest BCUT2D eigenvalue weighted by Gasteiger charge is 1.96. The average Bonchev–Trinajstić information content (AvgIpc) is 2.17. The molecule has 0 aromatic heterocycles. The van der Waals surface area contributed by atoms with E-state index in [1.807, 2.05) is 6.07 Å². The van der Waals surface area contributed by atoms with Crippen molar-refractivity contribution in [3.63, 3.8) is 0 Å². The van der Waals surface area contributed by atoms with Gasteiger partial charge in [0, 0.05) is 9.14 Å². The summed E-state index contributed by atoms with van der Waals surface area (Å²) in [5, 5.41) is -0.788. The van der Waals surface area contributed by atoms with Crippen LogP contribution >= 0.6 is 11.6 Å². The first-order valence-electron chi connectivity index (χ1n) is 4.37. The van der Waals surface area contributed by atoms with Gasteiger partial charge in [-0.3, -0.25) is 4.79 Å². The van der Waals surface area contributed by atoms with Gasteiger partial charge in [0.15, 0.2) is 0 Å². The fourth-order valence-electron chi connectivity index (χ4n) is 0.726. The van der Waals surface area contributed by atoms with Crippen LogP contribution in [0.5, 0.6) is 0 Å². The molecule has 0 spiro atoms. The molecule has 2 atom stereocenters. The summed E-state index contributed by atoms with van der Waals surface area (Å²) in [7, 11) is 0. The Labute approximate surface area is 73.8 Å². The number of aryl methyl sites for hydroxylation is 1. The molecule has 1 nitrogen and oxygen atoms in total. The zero-order chi connectivity index (χ0) is 9.84. The Morgan fingerprint density at radius 1 is 1.45 bits per heavy atom. The summed E-state index contributed by atoms with van der Waals surface area (Å²) in [4.78, 5) is 10.6. The number of rotatable bonds is 3. The maximum absolute atomic E-state index is 10.6. The molecule has 0 aliphatic carbocycles. The zero-order valence-electron chi connectivity index (χ0n) is 7.83. The van der Waals surface area contributed by atoms with Crippen molar-refractivity contribution in [2.24, 2.45) is 0 Å². The van der Waals surface area contributed by atoms with Crippen molar-refractivity contribution in [2.75, 3.05) is 0 Å². The second-order valence-electron chi connectivity index (χ2n) is 2.05. The molecule has 11 heavy (non-hydrogen) atoms. The number of carbonyl (C=O) groups is 1. The van der Waals surface area contributed by atoms with E-state index in [2.05, 4.69) is 0 Å². The number of benzene rings is 1. The SMILES string of the molecule is [2H]C(C(=O)Cl)C([2H])c1ccccc1. The Bertz CT molecular complexity index is 289. The van der Waals surface area contributed by atoms with Gasteiger partial charge >= 0.3 is 0 Å². The minimum atomic E-state index is -1.20. The van der Waals surface area contributed by atoms with Gasteiger partial charge in [0.25, 0.3) is 0 Å². The van der Waals surface area contributed by atoms with E-state index < -0.39 is 18.0 Å². The van der Waals surface area contributed by atoms with Crippen molar-refractivity contribution in [1.82, 2.24) is 0 Å². The van der Waals surface area contributed by atoms with Gasteiger partial charge in [-0.15, -0.1) is 0 Å². The van der Waals surface area contributed by atoms with Crippen LogP contribution in [0.25, 0.3) is 0 Å². The van der Waals surface area contributed by atoms with Crippen LogP contribution in [0.3, 0.4) is 0 Å². The third kappa shape index (κ3) is 3.19. The molecular weight excluding hydrogens is 160 g/mol. The summed E-state index contributed by atoms with van der Waals surface area (Å²) in [6.45, 7) is 0. The number of carbonyl (C=O) groups excluding carboxylic acids is 1. The minimum absolute atomic E-state index is 0.636. The number of halogens is 1. The van der Waals surface area contributed by atoms with Gasteiger partial charge in [-0.05, 0) is 23.6 Å². The Hall–Kier alpha value is -0.820. The van der Waals surface area contributed by atoms with Crippen molar-refractivity contribution in [3.05, 3.63) is 35.9 Å². The summed E-state index contributed by atoms with van der Waals surface area (Å²) in [5.74, 6) is 0. The van der Waals surface area contributed by atoms with E-state index in [1.54, 1.807) is 24.3 Å². The first-order chi connectivity index (χ1) is 6.13. The first-order valence-corrected chi connectivity index (χ1v) is 3.59. The van der Waals surface area contributed by atoms with Gasteiger partial charge in [0.1, 0.15) is 0 Å². The number of hydrogen-bond acceptors (Lipinski definition) is 1. The van der Waals surface area contributed by atoms with Crippen molar-refractivity contribution in [1.29, 1.82) is 0 Å². The molecule has 2 unspecified atom stereocenters. The lowest BCUT2D eigenvalue weighted by molar-refractivity contribution is -0.111. The van der Waals surface area contributed by atoms with Gasteiger partial charge < -0.3 is 0 Å². The lowest BCUT2D eigenvalue weighted by Gasteiger charge is -1.95. The molecule has 58 valence electrons. The van der Waals surface area contributed by atoms with Crippen LogP contribution < -0.4 is 0 Å². The summed E-state index contributed by atoms with van der Waals surface area (Å²) in [6, 6.07) is 8.76. The van der Waals surface area contributed by atoms with Gasteiger partial charge in [0.2, 0.25) is 5.24 Å². The highest BCUT2D eigenvalue weighted by molar-refractivity contribution is 6.63. The normalized spacial score (nSPS) is 17.9. The molecule has 0 saturated heterocycles. The van der Waals surface area contributed by atoms with Crippen molar-refractivity contribution >= 4 is 16.8 Å². The monoisotopic (exact) mass is 170 g/mol. The summed E-state index contributed by atoms with van der Waals surface area (Å²) in [5.41, 5.74) is 0.636. The molecule has 0 radical (unpaired) electrons. The molecule has 1 rings (SSSR count). The fourth-order valence-corrected chi connectivity index (χ4v) is 0.789. The Morgan fingerprint density at radius 2 is 2.09 bits per heavy atom. The molecule has 0 N–H and O–H groups in total. The zero-order valence-corrected chi connectivity index (χ0v) is 6.58. The fraction of sp³-hybridized carbons (Fsp3) is 0.222. The largest absolute Gasteiger partial charge is 0.281 e. The molecule has 1 aromatic rings. The molecule has 0 saturated carbocycles. The van der Waals surface area contributed by atoms with Crippen LogP contribution in [0, 0.1) is 0 Å². The van der Waals surface area contributed by atoms with Gasteiger partial charge in [-0.2, -0.15) is 0 Å². The molecule has 0 heterocycles. The Morgan fingerprint density at radius 3 is 2.64 bits per heavy atom. The lowest BCUT2D eigenvalue weighted by Crippen LogP contribution is -1.90. The summed E-state index contributed by atoms with van der Waals surface area (Å²) < 4.78 is 14.9. The van der Waals surface area contributed by atoms with Gasteiger partial charge in [-0.1, -0.05) is 30.3 Å². The van der Waals surface area contributed by atoms with Crippen LogP contribution in [-0.2, 0) is 11.2 Å². The maximum Gasteiger partial charge on any atom is 0.221 e. The molecular formula is C9H9ClO. The van der Waals surface area contributed by atoms with Gasteiger partial charge in [0.05, 0.1) is 0 Å². The Balaban J connectivity index is 2.79. The van der Waals surface area contributed by atoms with Crippen LogP contribution in [0.4, 0.5) is 0 Å². The maximum atomic E-state index is 10.6. The van der Waals surface area contributed by atoms with E-state index in [-0.39, 0.29) is 0 Å². The average molecular weight is 171 g/mol. The third-order valence-corrected chi connectivity index (χ3v) is 1.33. The molecule has 0 aliphatic heterocycles. The first kappa shape index (κ1) is 5.78. The van der Waals surface area contributed by atoms with E-state index in [0.717, 1.165) is 0 Å². The van der Waals surface area contributed by atoms with E-state index in [9.17, 15) is 4.79 Å². The highest BCUT2D eigenvalue weighted by atomic mass is 35.5. The van der Waals surface area contributed by atoms with Crippen molar-refractivity contribution in [2.45, 2.75) is 12.8 Å². The predicted molar refractivity (Wildman–Crippen MR) is 45.6 cm³/mol. The van der Waals surface area contributed by atoms with Crippen LogP contribution in [0.2, 0.25) is 0 Å².